The van der Waals surface area contributed by atoms with Crippen molar-refractivity contribution < 1.29 is 19.1 Å². The van der Waals surface area contributed by atoms with E-state index in [2.05, 4.69) is 10.6 Å². The first-order valence-electron chi connectivity index (χ1n) is 6.56. The molecule has 0 unspecified atom stereocenters. The van der Waals surface area contributed by atoms with Crippen molar-refractivity contribution in [1.82, 2.24) is 10.6 Å². The fraction of sp³-hybridized carbons (Fsp3) is 0.769. The Kier molecular flexibility index (Phi) is 5.32. The first-order valence-corrected chi connectivity index (χ1v) is 6.56. The Morgan fingerprint density at radius 3 is 2.26 bits per heavy atom. The summed E-state index contributed by atoms with van der Waals surface area (Å²) in [7, 11) is 0. The van der Waals surface area contributed by atoms with Crippen LogP contribution in [0.5, 0.6) is 0 Å². The number of hydrogen-bond donors (Lipinski definition) is 2. The molecular weight excluding hydrogens is 248 g/mol. The van der Waals surface area contributed by atoms with Crippen molar-refractivity contribution in [3.05, 3.63) is 0 Å². The average molecular weight is 270 g/mol. The van der Waals surface area contributed by atoms with Gasteiger partial charge >= 0.3 is 12.0 Å². The van der Waals surface area contributed by atoms with Crippen molar-refractivity contribution >= 4 is 17.9 Å². The number of urea groups is 1. The zero-order chi connectivity index (χ0) is 14.5. The standard InChI is InChI=1S/C13H22N2O4/c1-13(2,3)15-12(18)14-10(16)8-19-11(17)9-6-4-5-7-9/h9H,4-8H2,1-3H3,(H2,14,15,16,18). The summed E-state index contributed by atoms with van der Waals surface area (Å²) in [5.41, 5.74) is -0.426. The quantitative estimate of drug-likeness (QED) is 0.758. The summed E-state index contributed by atoms with van der Waals surface area (Å²) in [6.07, 6.45) is 3.70. The van der Waals surface area contributed by atoms with E-state index in [0.717, 1.165) is 25.7 Å². The molecule has 1 aliphatic rings. The first-order chi connectivity index (χ1) is 8.78. The van der Waals surface area contributed by atoms with E-state index in [-0.39, 0.29) is 11.9 Å². The molecule has 0 radical (unpaired) electrons. The van der Waals surface area contributed by atoms with E-state index in [1.807, 2.05) is 0 Å². The maximum absolute atomic E-state index is 11.6. The largest absolute Gasteiger partial charge is 0.455 e. The van der Waals surface area contributed by atoms with E-state index in [1.54, 1.807) is 20.8 Å². The molecule has 3 amide bonds. The zero-order valence-corrected chi connectivity index (χ0v) is 11.7. The number of hydrogen-bond acceptors (Lipinski definition) is 4. The van der Waals surface area contributed by atoms with Gasteiger partial charge in [-0.15, -0.1) is 0 Å². The molecule has 0 aliphatic heterocycles. The lowest BCUT2D eigenvalue weighted by atomic mass is 10.1. The molecule has 0 heterocycles. The van der Waals surface area contributed by atoms with Gasteiger partial charge in [0.25, 0.3) is 5.91 Å². The summed E-state index contributed by atoms with van der Waals surface area (Å²) in [6.45, 7) is 5.00. The Morgan fingerprint density at radius 2 is 1.74 bits per heavy atom. The molecule has 19 heavy (non-hydrogen) atoms. The van der Waals surface area contributed by atoms with Crippen molar-refractivity contribution in [2.45, 2.75) is 52.0 Å². The molecule has 6 nitrogen and oxygen atoms in total. The molecule has 0 atom stereocenters. The number of ether oxygens (including phenoxy) is 1. The Morgan fingerprint density at radius 1 is 1.16 bits per heavy atom. The number of imide groups is 1. The lowest BCUT2D eigenvalue weighted by Gasteiger charge is -2.20. The molecule has 0 aromatic rings. The monoisotopic (exact) mass is 270 g/mol. The molecule has 1 rings (SSSR count). The van der Waals surface area contributed by atoms with Gasteiger partial charge in [-0.25, -0.2) is 4.79 Å². The summed E-state index contributed by atoms with van der Waals surface area (Å²) in [5.74, 6) is -1.05. The van der Waals surface area contributed by atoms with Crippen molar-refractivity contribution in [2.24, 2.45) is 5.92 Å². The van der Waals surface area contributed by atoms with E-state index in [4.69, 9.17) is 4.74 Å². The highest BCUT2D eigenvalue weighted by molar-refractivity contribution is 5.95. The minimum atomic E-state index is -0.618. The predicted molar refractivity (Wildman–Crippen MR) is 69.3 cm³/mol. The maximum atomic E-state index is 11.6. The first kappa shape index (κ1) is 15.5. The smallest absolute Gasteiger partial charge is 0.321 e. The van der Waals surface area contributed by atoms with Crippen LogP contribution in [0.15, 0.2) is 0 Å². The van der Waals surface area contributed by atoms with Crippen LogP contribution >= 0.6 is 0 Å². The number of nitrogens with one attached hydrogen (secondary N) is 2. The Bertz CT molecular complexity index is 354. The minimum absolute atomic E-state index is 0.0869. The van der Waals surface area contributed by atoms with E-state index in [9.17, 15) is 14.4 Å². The second-order valence-corrected chi connectivity index (χ2v) is 5.84. The average Bonchev–Trinajstić information content (AvgIpc) is 2.76. The van der Waals surface area contributed by atoms with Crippen LogP contribution in [0.3, 0.4) is 0 Å². The van der Waals surface area contributed by atoms with Crippen LogP contribution in [-0.4, -0.2) is 30.1 Å². The highest BCUT2D eigenvalue weighted by atomic mass is 16.5. The number of carbonyl (C=O) groups is 3. The Balaban J connectivity index is 2.24. The van der Waals surface area contributed by atoms with Crippen molar-refractivity contribution in [3.63, 3.8) is 0 Å². The molecule has 108 valence electrons. The number of amides is 3. The van der Waals surface area contributed by atoms with Crippen LogP contribution in [0.4, 0.5) is 4.79 Å². The van der Waals surface area contributed by atoms with Gasteiger partial charge in [-0.05, 0) is 33.6 Å². The third kappa shape index (κ3) is 6.22. The van der Waals surface area contributed by atoms with Crippen LogP contribution in [0, 0.1) is 5.92 Å². The highest BCUT2D eigenvalue weighted by Crippen LogP contribution is 2.25. The molecule has 0 aromatic heterocycles. The number of esters is 1. The van der Waals surface area contributed by atoms with Crippen molar-refractivity contribution in [1.29, 1.82) is 0 Å². The van der Waals surface area contributed by atoms with E-state index < -0.39 is 24.1 Å². The fourth-order valence-electron chi connectivity index (χ4n) is 1.95. The van der Waals surface area contributed by atoms with Gasteiger partial charge in [0.1, 0.15) is 0 Å². The van der Waals surface area contributed by atoms with Crippen molar-refractivity contribution in [3.8, 4) is 0 Å². The molecule has 1 saturated carbocycles. The van der Waals surface area contributed by atoms with Gasteiger partial charge in [0.05, 0.1) is 5.92 Å². The molecule has 6 heteroatoms. The number of carbonyl (C=O) groups excluding carboxylic acids is 3. The van der Waals surface area contributed by atoms with Crippen molar-refractivity contribution in [2.75, 3.05) is 6.61 Å². The second kappa shape index (κ2) is 6.54. The fourth-order valence-corrected chi connectivity index (χ4v) is 1.95. The molecule has 0 spiro atoms. The van der Waals surface area contributed by atoms with Gasteiger partial charge in [0, 0.05) is 5.54 Å². The molecule has 1 aliphatic carbocycles. The zero-order valence-electron chi connectivity index (χ0n) is 11.7. The van der Waals surface area contributed by atoms with Gasteiger partial charge in [-0.1, -0.05) is 12.8 Å². The third-order valence-electron chi connectivity index (χ3n) is 2.78. The second-order valence-electron chi connectivity index (χ2n) is 5.84. The van der Waals surface area contributed by atoms with E-state index in [1.165, 1.54) is 0 Å². The van der Waals surface area contributed by atoms with Gasteiger partial charge < -0.3 is 10.1 Å². The maximum Gasteiger partial charge on any atom is 0.321 e. The molecule has 0 aromatic carbocycles. The Labute approximate surface area is 113 Å². The van der Waals surface area contributed by atoms with E-state index in [0.29, 0.717) is 0 Å². The van der Waals surface area contributed by atoms with Crippen LogP contribution in [-0.2, 0) is 14.3 Å². The SMILES string of the molecule is CC(C)(C)NC(=O)NC(=O)COC(=O)C1CCCC1. The summed E-state index contributed by atoms with van der Waals surface area (Å²) < 4.78 is 4.89. The summed E-state index contributed by atoms with van der Waals surface area (Å²) in [5, 5.41) is 4.70. The summed E-state index contributed by atoms with van der Waals surface area (Å²) in [4.78, 5) is 34.4. The van der Waals surface area contributed by atoms with Crippen LogP contribution in [0.2, 0.25) is 0 Å². The minimum Gasteiger partial charge on any atom is -0.455 e. The highest BCUT2D eigenvalue weighted by Gasteiger charge is 2.25. The van der Waals surface area contributed by atoms with Gasteiger partial charge in [-0.2, -0.15) is 0 Å². The van der Waals surface area contributed by atoms with Gasteiger partial charge in [0.15, 0.2) is 6.61 Å². The normalized spacial score (nSPS) is 15.9. The lowest BCUT2D eigenvalue weighted by Crippen LogP contribution is -2.49. The Hall–Kier alpha value is -1.59. The summed E-state index contributed by atoms with van der Waals surface area (Å²) >= 11 is 0. The number of rotatable bonds is 3. The summed E-state index contributed by atoms with van der Waals surface area (Å²) in [6, 6.07) is -0.589. The van der Waals surface area contributed by atoms with Gasteiger partial charge in [0.2, 0.25) is 0 Å². The van der Waals surface area contributed by atoms with Gasteiger partial charge in [-0.3, -0.25) is 14.9 Å². The molecule has 2 N–H and O–H groups in total. The van der Waals surface area contributed by atoms with Crippen LogP contribution in [0.1, 0.15) is 46.5 Å². The van der Waals surface area contributed by atoms with Crippen LogP contribution < -0.4 is 10.6 Å². The van der Waals surface area contributed by atoms with E-state index >= 15 is 0 Å². The third-order valence-corrected chi connectivity index (χ3v) is 2.78. The molecule has 0 saturated heterocycles. The predicted octanol–water partition coefficient (Wildman–Crippen LogP) is 1.34. The lowest BCUT2D eigenvalue weighted by molar-refractivity contribution is -0.152. The topological polar surface area (TPSA) is 84.5 Å². The van der Waals surface area contributed by atoms with Crippen LogP contribution in [0.25, 0.3) is 0 Å². The molecule has 1 fully saturated rings. The molecule has 0 bridgehead atoms. The molecular formula is C13H22N2O4.